The molecule has 0 bridgehead atoms. The summed E-state index contributed by atoms with van der Waals surface area (Å²) >= 11 is 0. The van der Waals surface area contributed by atoms with Crippen molar-refractivity contribution in [2.45, 2.75) is 6.61 Å². The predicted octanol–water partition coefficient (Wildman–Crippen LogP) is 0.653. The molecule has 0 atom stereocenters. The molecule has 0 fully saturated rings. The van der Waals surface area contributed by atoms with Crippen LogP contribution < -0.4 is 11.5 Å². The van der Waals surface area contributed by atoms with E-state index in [4.69, 9.17) is 16.2 Å². The van der Waals surface area contributed by atoms with Crippen molar-refractivity contribution in [1.29, 1.82) is 0 Å². The summed E-state index contributed by atoms with van der Waals surface area (Å²) in [4.78, 5) is 10.8. The van der Waals surface area contributed by atoms with Gasteiger partial charge in [-0.3, -0.25) is 4.79 Å². The first kappa shape index (κ1) is 10.5. The Morgan fingerprint density at radius 2 is 2.21 bits per heavy atom. The molecule has 4 N–H and O–H groups in total. The lowest BCUT2D eigenvalue weighted by atomic mass is 10.1. The van der Waals surface area contributed by atoms with Crippen LogP contribution in [0.15, 0.2) is 12.1 Å². The molecule has 14 heavy (non-hydrogen) atoms. The minimum Gasteiger partial charge on any atom is -0.396 e. The third-order valence-corrected chi connectivity index (χ3v) is 1.74. The molecular formula is C9H11FN2O2. The topological polar surface area (TPSA) is 78.3 Å². The highest BCUT2D eigenvalue weighted by Crippen LogP contribution is 2.18. The summed E-state index contributed by atoms with van der Waals surface area (Å²) in [6.07, 6.45) is 0. The number of nitrogens with two attached hydrogens (primary N) is 2. The number of hydrogen-bond acceptors (Lipinski definition) is 3. The first-order valence-corrected chi connectivity index (χ1v) is 3.93. The zero-order valence-corrected chi connectivity index (χ0v) is 7.71. The molecular weight excluding hydrogens is 187 g/mol. The van der Waals surface area contributed by atoms with Gasteiger partial charge in [0.15, 0.2) is 5.82 Å². The number of carbonyl (C=O) groups excluding carboxylic acids is 1. The third kappa shape index (κ3) is 2.00. The predicted molar refractivity (Wildman–Crippen MR) is 50.0 cm³/mol. The van der Waals surface area contributed by atoms with Gasteiger partial charge in [0.25, 0.3) is 5.91 Å². The highest BCUT2D eigenvalue weighted by molar-refractivity contribution is 5.94. The average molecular weight is 198 g/mol. The molecule has 1 aromatic carbocycles. The fourth-order valence-corrected chi connectivity index (χ4v) is 1.14. The van der Waals surface area contributed by atoms with Gasteiger partial charge >= 0.3 is 0 Å². The zero-order valence-electron chi connectivity index (χ0n) is 7.71. The van der Waals surface area contributed by atoms with Crippen molar-refractivity contribution in [3.63, 3.8) is 0 Å². The smallest absolute Gasteiger partial charge is 0.251 e. The minimum absolute atomic E-state index is 0.103. The number of benzene rings is 1. The Balaban J connectivity index is 3.21. The van der Waals surface area contributed by atoms with E-state index in [0.29, 0.717) is 5.56 Å². The number of amides is 1. The molecule has 0 aromatic heterocycles. The van der Waals surface area contributed by atoms with E-state index in [9.17, 15) is 9.18 Å². The fraction of sp³-hybridized carbons (Fsp3) is 0.222. The second-order valence-corrected chi connectivity index (χ2v) is 2.84. The second-order valence-electron chi connectivity index (χ2n) is 2.84. The molecule has 1 rings (SSSR count). The number of methoxy groups -OCH3 is 1. The maximum atomic E-state index is 13.2. The molecule has 0 unspecified atom stereocenters. The van der Waals surface area contributed by atoms with Crippen molar-refractivity contribution in [1.82, 2.24) is 0 Å². The van der Waals surface area contributed by atoms with E-state index in [1.54, 1.807) is 0 Å². The van der Waals surface area contributed by atoms with Gasteiger partial charge in [-0.2, -0.15) is 0 Å². The Morgan fingerprint density at radius 1 is 1.57 bits per heavy atom. The number of anilines is 1. The molecule has 0 aliphatic carbocycles. The third-order valence-electron chi connectivity index (χ3n) is 1.74. The lowest BCUT2D eigenvalue weighted by Gasteiger charge is -2.06. The van der Waals surface area contributed by atoms with Gasteiger partial charge in [0.1, 0.15) is 0 Å². The maximum absolute atomic E-state index is 13.2. The number of hydrogen-bond donors (Lipinski definition) is 2. The fourth-order valence-electron chi connectivity index (χ4n) is 1.14. The first-order chi connectivity index (χ1) is 6.56. The van der Waals surface area contributed by atoms with E-state index in [1.807, 2.05) is 0 Å². The van der Waals surface area contributed by atoms with Crippen LogP contribution in [0.4, 0.5) is 10.1 Å². The highest BCUT2D eigenvalue weighted by Gasteiger charge is 2.12. The molecule has 1 aromatic rings. The van der Waals surface area contributed by atoms with Crippen LogP contribution in [-0.2, 0) is 11.3 Å². The van der Waals surface area contributed by atoms with E-state index in [2.05, 4.69) is 0 Å². The average Bonchev–Trinajstić information content (AvgIpc) is 2.11. The van der Waals surface area contributed by atoms with E-state index >= 15 is 0 Å². The van der Waals surface area contributed by atoms with Crippen molar-refractivity contribution in [2.24, 2.45) is 5.73 Å². The molecule has 4 nitrogen and oxygen atoms in total. The van der Waals surface area contributed by atoms with Crippen molar-refractivity contribution in [2.75, 3.05) is 12.8 Å². The summed E-state index contributed by atoms with van der Waals surface area (Å²) < 4.78 is 18.0. The van der Waals surface area contributed by atoms with Gasteiger partial charge in [-0.15, -0.1) is 0 Å². The molecule has 0 saturated heterocycles. The summed E-state index contributed by atoms with van der Waals surface area (Å²) in [6.45, 7) is 0.255. The lowest BCUT2D eigenvalue weighted by molar-refractivity contribution is 0.0996. The van der Waals surface area contributed by atoms with E-state index in [0.717, 1.165) is 0 Å². The van der Waals surface area contributed by atoms with E-state index in [1.165, 1.54) is 19.2 Å². The van der Waals surface area contributed by atoms with Crippen LogP contribution >= 0.6 is 0 Å². The summed E-state index contributed by atoms with van der Waals surface area (Å²) in [7, 11) is 1.49. The van der Waals surface area contributed by atoms with Gasteiger partial charge in [0.2, 0.25) is 0 Å². The molecule has 0 aliphatic heterocycles. The van der Waals surface area contributed by atoms with Crippen LogP contribution in [0.2, 0.25) is 0 Å². The monoisotopic (exact) mass is 198 g/mol. The molecule has 5 heteroatoms. The van der Waals surface area contributed by atoms with E-state index < -0.39 is 11.7 Å². The van der Waals surface area contributed by atoms with Gasteiger partial charge < -0.3 is 16.2 Å². The van der Waals surface area contributed by atoms with Crippen LogP contribution in [0, 0.1) is 5.82 Å². The van der Waals surface area contributed by atoms with Crippen molar-refractivity contribution in [3.05, 3.63) is 29.1 Å². The van der Waals surface area contributed by atoms with Gasteiger partial charge in [0, 0.05) is 7.11 Å². The summed E-state index contributed by atoms with van der Waals surface area (Å²) in [5, 5.41) is 0. The number of nitrogen functional groups attached to an aromatic ring is 1. The maximum Gasteiger partial charge on any atom is 0.251 e. The molecule has 0 aliphatic rings. The Kier molecular flexibility index (Phi) is 3.03. The molecule has 0 spiro atoms. The summed E-state index contributed by atoms with van der Waals surface area (Å²) in [5.41, 5.74) is 10.6. The van der Waals surface area contributed by atoms with Gasteiger partial charge in [-0.25, -0.2) is 4.39 Å². The van der Waals surface area contributed by atoms with Gasteiger partial charge in [-0.1, -0.05) is 0 Å². The zero-order chi connectivity index (χ0) is 10.7. The Bertz CT molecular complexity index is 366. The van der Waals surface area contributed by atoms with Crippen LogP contribution in [0.5, 0.6) is 0 Å². The number of rotatable bonds is 3. The molecule has 76 valence electrons. The van der Waals surface area contributed by atoms with Crippen LogP contribution in [0.3, 0.4) is 0 Å². The Morgan fingerprint density at radius 3 is 2.71 bits per heavy atom. The number of ether oxygens (including phenoxy) is 1. The van der Waals surface area contributed by atoms with Crippen molar-refractivity contribution in [3.8, 4) is 0 Å². The number of primary amides is 1. The standard InChI is InChI=1S/C9H11FN2O2/c1-14-4-5-2-6(9(12)13)8(10)7(11)3-5/h2-3H,4,11H2,1H3,(H2,12,13). The van der Waals surface area contributed by atoms with Crippen LogP contribution in [-0.4, -0.2) is 13.0 Å². The van der Waals surface area contributed by atoms with Crippen molar-refractivity contribution >= 4 is 11.6 Å². The molecule has 0 radical (unpaired) electrons. The largest absolute Gasteiger partial charge is 0.396 e. The quantitative estimate of drug-likeness (QED) is 0.700. The molecule has 0 heterocycles. The Labute approximate surface area is 80.6 Å². The summed E-state index contributed by atoms with van der Waals surface area (Å²) in [6, 6.07) is 2.74. The van der Waals surface area contributed by atoms with Gasteiger partial charge in [-0.05, 0) is 17.7 Å². The van der Waals surface area contributed by atoms with Crippen LogP contribution in [0.25, 0.3) is 0 Å². The highest BCUT2D eigenvalue weighted by atomic mass is 19.1. The SMILES string of the molecule is COCc1cc(N)c(F)c(C(N)=O)c1. The van der Waals surface area contributed by atoms with Crippen LogP contribution in [0.1, 0.15) is 15.9 Å². The van der Waals surface area contributed by atoms with E-state index in [-0.39, 0.29) is 17.9 Å². The second kappa shape index (κ2) is 4.06. The van der Waals surface area contributed by atoms with Crippen molar-refractivity contribution < 1.29 is 13.9 Å². The first-order valence-electron chi connectivity index (χ1n) is 3.93. The lowest BCUT2D eigenvalue weighted by Crippen LogP contribution is -2.15. The molecule has 1 amide bonds. The van der Waals surface area contributed by atoms with Gasteiger partial charge in [0.05, 0.1) is 17.9 Å². The minimum atomic E-state index is -0.841. The summed E-state index contributed by atoms with van der Waals surface area (Å²) in [5.74, 6) is -1.62. The normalized spacial score (nSPS) is 10.1. The molecule has 0 saturated carbocycles. The Hall–Kier alpha value is -1.62. The number of halogens is 1. The number of carbonyl (C=O) groups is 1.